The number of rotatable bonds is 5. The fourth-order valence-corrected chi connectivity index (χ4v) is 2.63. The monoisotopic (exact) mass is 349 g/mol. The van der Waals surface area contributed by atoms with Gasteiger partial charge in [0.25, 0.3) is 5.91 Å². The zero-order chi connectivity index (χ0) is 17.9. The number of carbonyl (C=O) groups excluding carboxylic acids is 1. The fourth-order valence-electron chi connectivity index (χ4n) is 2.63. The van der Waals surface area contributed by atoms with Gasteiger partial charge >= 0.3 is 0 Å². The van der Waals surface area contributed by atoms with Crippen LogP contribution in [0.25, 0.3) is 33.8 Å². The molecular formula is C19H15N3O4. The van der Waals surface area contributed by atoms with E-state index < -0.39 is 0 Å². The van der Waals surface area contributed by atoms with Crippen molar-refractivity contribution in [2.75, 3.05) is 13.2 Å². The first-order valence-electron chi connectivity index (χ1n) is 8.06. The highest BCUT2D eigenvalue weighted by atomic mass is 16.5. The molecule has 1 amide bonds. The minimum Gasteiger partial charge on any atom is -0.444 e. The average Bonchev–Trinajstić information content (AvgIpc) is 3.33. The smallest absolute Gasteiger partial charge is 0.251 e. The van der Waals surface area contributed by atoms with Crippen molar-refractivity contribution in [2.45, 2.75) is 0 Å². The molecule has 7 nitrogen and oxygen atoms in total. The molecule has 2 aromatic heterocycles. The van der Waals surface area contributed by atoms with E-state index in [1.54, 1.807) is 18.2 Å². The highest BCUT2D eigenvalue weighted by molar-refractivity contribution is 6.00. The second-order valence-electron chi connectivity index (χ2n) is 5.63. The summed E-state index contributed by atoms with van der Waals surface area (Å²) >= 11 is 0. The number of aliphatic hydroxyl groups is 1. The van der Waals surface area contributed by atoms with Gasteiger partial charge in [-0.15, -0.1) is 0 Å². The number of hydrogen-bond acceptors (Lipinski definition) is 6. The number of aromatic nitrogens is 2. The maximum Gasteiger partial charge on any atom is 0.251 e. The molecule has 0 saturated carbocycles. The van der Waals surface area contributed by atoms with Gasteiger partial charge in [-0.3, -0.25) is 4.79 Å². The molecule has 130 valence electrons. The van der Waals surface area contributed by atoms with Crippen molar-refractivity contribution in [3.8, 4) is 22.8 Å². The van der Waals surface area contributed by atoms with E-state index in [1.165, 1.54) is 6.26 Å². The van der Waals surface area contributed by atoms with Crippen molar-refractivity contribution in [1.29, 1.82) is 0 Å². The normalized spacial score (nSPS) is 11.0. The van der Waals surface area contributed by atoms with E-state index in [0.29, 0.717) is 33.8 Å². The molecule has 0 fully saturated rings. The molecule has 0 aliphatic heterocycles. The summed E-state index contributed by atoms with van der Waals surface area (Å²) in [5, 5.41) is 16.2. The van der Waals surface area contributed by atoms with Crippen LogP contribution in [-0.4, -0.2) is 34.3 Å². The zero-order valence-corrected chi connectivity index (χ0v) is 13.7. The molecule has 0 aliphatic carbocycles. The van der Waals surface area contributed by atoms with Crippen LogP contribution in [0.3, 0.4) is 0 Å². The van der Waals surface area contributed by atoms with Gasteiger partial charge < -0.3 is 19.4 Å². The number of fused-ring (bicyclic) bond motifs is 1. The zero-order valence-electron chi connectivity index (χ0n) is 13.7. The Morgan fingerprint density at radius 3 is 2.81 bits per heavy atom. The maximum absolute atomic E-state index is 12.1. The molecule has 7 heteroatoms. The van der Waals surface area contributed by atoms with Crippen molar-refractivity contribution < 1.29 is 18.8 Å². The number of oxazole rings is 1. The van der Waals surface area contributed by atoms with Gasteiger partial charge in [0.05, 0.1) is 12.0 Å². The topological polar surface area (TPSA) is 101 Å². The molecule has 26 heavy (non-hydrogen) atoms. The molecule has 0 saturated heterocycles. The second-order valence-corrected chi connectivity index (χ2v) is 5.63. The van der Waals surface area contributed by atoms with Crippen LogP contribution in [0.1, 0.15) is 10.4 Å². The van der Waals surface area contributed by atoms with Crippen LogP contribution >= 0.6 is 0 Å². The molecule has 4 rings (SSSR count). The number of nitrogens with zero attached hydrogens (tertiary/aromatic N) is 2. The minimum atomic E-state index is -0.279. The van der Waals surface area contributed by atoms with Gasteiger partial charge in [0.15, 0.2) is 5.58 Å². The molecule has 2 heterocycles. The Kier molecular flexibility index (Phi) is 4.20. The third kappa shape index (κ3) is 2.96. The lowest BCUT2D eigenvalue weighted by Gasteiger charge is -2.02. The number of nitrogens with one attached hydrogen (secondary N) is 1. The molecule has 4 aromatic rings. The summed E-state index contributed by atoms with van der Waals surface area (Å²) in [5.74, 6) is 0.201. The minimum absolute atomic E-state index is 0.117. The highest BCUT2D eigenvalue weighted by Crippen LogP contribution is 2.30. The number of benzene rings is 2. The van der Waals surface area contributed by atoms with Crippen LogP contribution in [-0.2, 0) is 0 Å². The average molecular weight is 349 g/mol. The highest BCUT2D eigenvalue weighted by Gasteiger charge is 2.17. The van der Waals surface area contributed by atoms with Crippen LogP contribution in [0.4, 0.5) is 0 Å². The third-order valence-corrected chi connectivity index (χ3v) is 3.90. The van der Waals surface area contributed by atoms with E-state index in [4.69, 9.17) is 14.0 Å². The number of amides is 1. The largest absolute Gasteiger partial charge is 0.444 e. The lowest BCUT2D eigenvalue weighted by atomic mass is 10.1. The summed E-state index contributed by atoms with van der Waals surface area (Å²) in [5.41, 5.74) is 2.87. The van der Waals surface area contributed by atoms with E-state index in [2.05, 4.69) is 15.5 Å². The van der Waals surface area contributed by atoms with E-state index in [1.807, 2.05) is 30.3 Å². The number of aliphatic hydroxyl groups excluding tert-OH is 1. The lowest BCUT2D eigenvalue weighted by Crippen LogP contribution is -2.26. The molecule has 0 radical (unpaired) electrons. The van der Waals surface area contributed by atoms with Crippen molar-refractivity contribution in [2.24, 2.45) is 0 Å². The van der Waals surface area contributed by atoms with Crippen molar-refractivity contribution in [3.05, 3.63) is 60.4 Å². The van der Waals surface area contributed by atoms with Gasteiger partial charge in [-0.2, -0.15) is 0 Å². The first kappa shape index (κ1) is 16.0. The van der Waals surface area contributed by atoms with Crippen molar-refractivity contribution >= 4 is 16.9 Å². The Bertz CT molecular complexity index is 1050. The van der Waals surface area contributed by atoms with E-state index in [9.17, 15) is 4.79 Å². The predicted octanol–water partition coefficient (Wildman–Crippen LogP) is 2.87. The third-order valence-electron chi connectivity index (χ3n) is 3.90. The summed E-state index contributed by atoms with van der Waals surface area (Å²) in [6.45, 7) is 0.0742. The van der Waals surface area contributed by atoms with Crippen molar-refractivity contribution in [1.82, 2.24) is 15.5 Å². The molecule has 2 N–H and O–H groups in total. The quantitative estimate of drug-likeness (QED) is 0.574. The van der Waals surface area contributed by atoms with Crippen LogP contribution in [0.5, 0.6) is 0 Å². The van der Waals surface area contributed by atoms with Crippen LogP contribution < -0.4 is 5.32 Å². The molecule has 0 bridgehead atoms. The fraction of sp³-hybridized carbons (Fsp3) is 0.105. The van der Waals surface area contributed by atoms with Crippen LogP contribution in [0.15, 0.2) is 63.7 Å². The van der Waals surface area contributed by atoms with Crippen molar-refractivity contribution in [3.63, 3.8) is 0 Å². The van der Waals surface area contributed by atoms with Crippen LogP contribution in [0.2, 0.25) is 0 Å². The molecule has 0 spiro atoms. The summed E-state index contributed by atoms with van der Waals surface area (Å²) < 4.78 is 10.9. The maximum atomic E-state index is 12.1. The van der Waals surface area contributed by atoms with Crippen LogP contribution in [0, 0.1) is 0 Å². The van der Waals surface area contributed by atoms with Gasteiger partial charge in [0.1, 0.15) is 17.7 Å². The summed E-state index contributed by atoms with van der Waals surface area (Å²) in [6.07, 6.45) is 1.51. The van der Waals surface area contributed by atoms with E-state index >= 15 is 0 Å². The Morgan fingerprint density at radius 2 is 2.00 bits per heavy atom. The Balaban J connectivity index is 1.71. The van der Waals surface area contributed by atoms with Gasteiger partial charge in [-0.05, 0) is 30.3 Å². The SMILES string of the molecule is O=C(NCCO)c1ccc2onc(-c3coc(-c4ccccc4)n3)c2c1. The molecular weight excluding hydrogens is 334 g/mol. The molecule has 0 aliphatic rings. The summed E-state index contributed by atoms with van der Waals surface area (Å²) in [4.78, 5) is 16.6. The second kappa shape index (κ2) is 6.81. The van der Waals surface area contributed by atoms with Gasteiger partial charge in [0.2, 0.25) is 5.89 Å². The predicted molar refractivity (Wildman–Crippen MR) is 94.4 cm³/mol. The summed E-state index contributed by atoms with van der Waals surface area (Å²) in [6, 6.07) is 14.5. The number of carbonyl (C=O) groups is 1. The lowest BCUT2D eigenvalue weighted by molar-refractivity contribution is 0.0945. The number of hydrogen-bond donors (Lipinski definition) is 2. The molecule has 0 atom stereocenters. The first-order chi connectivity index (χ1) is 12.8. The Labute approximate surface area is 148 Å². The van der Waals surface area contributed by atoms with E-state index in [0.717, 1.165) is 5.56 Å². The van der Waals surface area contributed by atoms with Gasteiger partial charge in [-0.25, -0.2) is 4.98 Å². The van der Waals surface area contributed by atoms with Gasteiger partial charge in [-0.1, -0.05) is 23.4 Å². The standard InChI is InChI=1S/C19H15N3O4/c23-9-8-20-18(24)13-6-7-16-14(10-13)17(22-26-16)15-11-25-19(21-15)12-4-2-1-3-5-12/h1-7,10-11,23H,8-9H2,(H,20,24). The molecule has 2 aromatic carbocycles. The Morgan fingerprint density at radius 1 is 1.15 bits per heavy atom. The van der Waals surface area contributed by atoms with Gasteiger partial charge in [0, 0.05) is 17.7 Å². The van der Waals surface area contributed by atoms with E-state index in [-0.39, 0.29) is 19.1 Å². The Hall–Kier alpha value is -3.45. The first-order valence-corrected chi connectivity index (χ1v) is 8.06. The molecule has 0 unspecified atom stereocenters. The summed E-state index contributed by atoms with van der Waals surface area (Å²) in [7, 11) is 0.